The molecule has 0 bridgehead atoms. The van der Waals surface area contributed by atoms with Gasteiger partial charge in [-0.2, -0.15) is 0 Å². The third-order valence-electron chi connectivity index (χ3n) is 5.91. The maximum absolute atomic E-state index is 12.6. The van der Waals surface area contributed by atoms with E-state index in [1.807, 2.05) is 24.3 Å². The standard InChI is InChI=1S/C21H27N3O3S/c25-19-12-23(21(27)18-13-28-14-24(18)19)11-15-7-9-16(10-8-15)20(26)22-17-5-3-1-2-4-6-17/h7-10,17-18H,1-6,11-14H2,(H,22,26)/t18-/m0/s1. The quantitative estimate of drug-likeness (QED) is 0.787. The minimum absolute atomic E-state index is 0.0222. The van der Waals surface area contributed by atoms with Crippen LogP contribution < -0.4 is 5.32 Å². The van der Waals surface area contributed by atoms with Crippen molar-refractivity contribution in [2.75, 3.05) is 18.2 Å². The summed E-state index contributed by atoms with van der Waals surface area (Å²) in [4.78, 5) is 40.7. The largest absolute Gasteiger partial charge is 0.349 e. The van der Waals surface area contributed by atoms with Crippen molar-refractivity contribution in [3.05, 3.63) is 35.4 Å². The number of fused-ring (bicyclic) bond motifs is 1. The minimum atomic E-state index is -0.309. The summed E-state index contributed by atoms with van der Waals surface area (Å²) in [7, 11) is 0. The zero-order valence-electron chi connectivity index (χ0n) is 16.1. The molecule has 1 aromatic rings. The first-order valence-electron chi connectivity index (χ1n) is 10.2. The first-order chi connectivity index (χ1) is 13.6. The van der Waals surface area contributed by atoms with Crippen LogP contribution in [0.1, 0.15) is 54.4 Å². The van der Waals surface area contributed by atoms with E-state index in [-0.39, 0.29) is 36.3 Å². The van der Waals surface area contributed by atoms with E-state index in [1.54, 1.807) is 21.6 Å². The SMILES string of the molecule is O=C(NC1CCCCCC1)c1ccc(CN2CC(=O)N3CSC[C@H]3C2=O)cc1. The van der Waals surface area contributed by atoms with Crippen molar-refractivity contribution in [3.8, 4) is 0 Å². The van der Waals surface area contributed by atoms with Gasteiger partial charge in [-0.15, -0.1) is 11.8 Å². The number of hydrogen-bond acceptors (Lipinski definition) is 4. The van der Waals surface area contributed by atoms with Gasteiger partial charge in [-0.25, -0.2) is 0 Å². The van der Waals surface area contributed by atoms with Gasteiger partial charge in [0.1, 0.15) is 12.6 Å². The van der Waals surface area contributed by atoms with E-state index in [4.69, 9.17) is 0 Å². The number of carbonyl (C=O) groups is 3. The zero-order valence-corrected chi connectivity index (χ0v) is 16.9. The normalized spacial score (nSPS) is 23.5. The van der Waals surface area contributed by atoms with Gasteiger partial charge in [-0.1, -0.05) is 37.8 Å². The number of piperazine rings is 1. The number of carbonyl (C=O) groups excluding carboxylic acids is 3. The fraction of sp³-hybridized carbons (Fsp3) is 0.571. The first kappa shape index (κ1) is 19.3. The Hall–Kier alpha value is -2.02. The van der Waals surface area contributed by atoms with Crippen molar-refractivity contribution in [1.82, 2.24) is 15.1 Å². The van der Waals surface area contributed by atoms with Crippen molar-refractivity contribution >= 4 is 29.5 Å². The molecule has 28 heavy (non-hydrogen) atoms. The van der Waals surface area contributed by atoms with Gasteiger partial charge in [0, 0.05) is 23.9 Å². The Morgan fingerprint density at radius 2 is 1.79 bits per heavy atom. The lowest BCUT2D eigenvalue weighted by Gasteiger charge is -2.35. The van der Waals surface area contributed by atoms with Gasteiger partial charge in [0.05, 0.1) is 5.88 Å². The lowest BCUT2D eigenvalue weighted by atomic mass is 10.1. The van der Waals surface area contributed by atoms with Crippen molar-refractivity contribution in [3.63, 3.8) is 0 Å². The summed E-state index contributed by atoms with van der Waals surface area (Å²) in [5.41, 5.74) is 1.58. The van der Waals surface area contributed by atoms with Gasteiger partial charge in [0.25, 0.3) is 5.91 Å². The van der Waals surface area contributed by atoms with Crippen LogP contribution in [0.3, 0.4) is 0 Å². The molecule has 2 heterocycles. The molecule has 1 N–H and O–H groups in total. The number of rotatable bonds is 4. The van der Waals surface area contributed by atoms with Gasteiger partial charge in [0.2, 0.25) is 11.8 Å². The summed E-state index contributed by atoms with van der Waals surface area (Å²) in [6.07, 6.45) is 7.01. The summed E-state index contributed by atoms with van der Waals surface area (Å²) in [5.74, 6) is 1.32. The molecule has 1 atom stereocenters. The smallest absolute Gasteiger partial charge is 0.251 e. The number of amides is 3. The molecule has 2 aliphatic heterocycles. The zero-order chi connectivity index (χ0) is 19.5. The Morgan fingerprint density at radius 1 is 1.07 bits per heavy atom. The molecular formula is C21H27N3O3S. The summed E-state index contributed by atoms with van der Waals surface area (Å²) in [6, 6.07) is 7.37. The minimum Gasteiger partial charge on any atom is -0.349 e. The molecule has 1 aliphatic carbocycles. The summed E-state index contributed by atoms with van der Waals surface area (Å²) >= 11 is 1.63. The van der Waals surface area contributed by atoms with Crippen LogP contribution in [0, 0.1) is 0 Å². The van der Waals surface area contributed by atoms with Gasteiger partial charge in [-0.05, 0) is 30.5 Å². The maximum atomic E-state index is 12.6. The summed E-state index contributed by atoms with van der Waals surface area (Å²) in [5, 5.41) is 3.16. The molecule has 3 aliphatic rings. The lowest BCUT2D eigenvalue weighted by molar-refractivity contribution is -0.153. The number of thioether (sulfide) groups is 1. The van der Waals surface area contributed by atoms with E-state index in [0.717, 1.165) is 18.4 Å². The predicted octanol–water partition coefficient (Wildman–Crippen LogP) is 2.38. The number of benzene rings is 1. The molecule has 3 amide bonds. The third-order valence-corrected chi connectivity index (χ3v) is 6.92. The molecule has 1 aromatic carbocycles. The van der Waals surface area contributed by atoms with E-state index < -0.39 is 0 Å². The predicted molar refractivity (Wildman–Crippen MR) is 109 cm³/mol. The summed E-state index contributed by atoms with van der Waals surface area (Å²) < 4.78 is 0. The molecular weight excluding hydrogens is 374 g/mol. The molecule has 7 heteroatoms. The van der Waals surface area contributed by atoms with E-state index in [9.17, 15) is 14.4 Å². The highest BCUT2D eigenvalue weighted by Crippen LogP contribution is 2.26. The van der Waals surface area contributed by atoms with Gasteiger partial charge >= 0.3 is 0 Å². The van der Waals surface area contributed by atoms with E-state index >= 15 is 0 Å². The van der Waals surface area contributed by atoms with Gasteiger partial charge in [0.15, 0.2) is 0 Å². The van der Waals surface area contributed by atoms with Crippen LogP contribution in [0.4, 0.5) is 0 Å². The van der Waals surface area contributed by atoms with Gasteiger partial charge in [-0.3, -0.25) is 14.4 Å². The Morgan fingerprint density at radius 3 is 2.50 bits per heavy atom. The Kier molecular flexibility index (Phi) is 5.90. The van der Waals surface area contributed by atoms with Crippen molar-refractivity contribution < 1.29 is 14.4 Å². The fourth-order valence-corrected chi connectivity index (χ4v) is 5.42. The Bertz CT molecular complexity index is 744. The molecule has 0 radical (unpaired) electrons. The first-order valence-corrected chi connectivity index (χ1v) is 11.3. The van der Waals surface area contributed by atoms with Crippen molar-refractivity contribution in [1.29, 1.82) is 0 Å². The van der Waals surface area contributed by atoms with Crippen molar-refractivity contribution in [2.24, 2.45) is 0 Å². The van der Waals surface area contributed by atoms with E-state index in [1.165, 1.54) is 25.7 Å². The second-order valence-corrected chi connectivity index (χ2v) is 8.93. The van der Waals surface area contributed by atoms with Crippen LogP contribution in [0.25, 0.3) is 0 Å². The topological polar surface area (TPSA) is 69.7 Å². The molecule has 4 rings (SSSR count). The highest BCUT2D eigenvalue weighted by atomic mass is 32.2. The van der Waals surface area contributed by atoms with Crippen LogP contribution in [0.15, 0.2) is 24.3 Å². The Labute approximate surface area is 170 Å². The van der Waals surface area contributed by atoms with Gasteiger partial charge < -0.3 is 15.1 Å². The highest BCUT2D eigenvalue weighted by Gasteiger charge is 2.42. The maximum Gasteiger partial charge on any atom is 0.251 e. The lowest BCUT2D eigenvalue weighted by Crippen LogP contribution is -2.57. The molecule has 3 fully saturated rings. The number of hydrogen-bond donors (Lipinski definition) is 1. The second-order valence-electron chi connectivity index (χ2n) is 7.93. The molecule has 150 valence electrons. The average Bonchev–Trinajstić information content (AvgIpc) is 3.06. The van der Waals surface area contributed by atoms with Crippen LogP contribution in [-0.2, 0) is 16.1 Å². The molecule has 1 saturated carbocycles. The van der Waals surface area contributed by atoms with Crippen molar-refractivity contribution in [2.45, 2.75) is 57.2 Å². The van der Waals surface area contributed by atoms with Crippen LogP contribution in [0.2, 0.25) is 0 Å². The monoisotopic (exact) mass is 401 g/mol. The van der Waals surface area contributed by atoms with E-state index in [0.29, 0.717) is 23.7 Å². The molecule has 0 spiro atoms. The number of nitrogens with zero attached hydrogens (tertiary/aromatic N) is 2. The van der Waals surface area contributed by atoms with Crippen LogP contribution in [-0.4, -0.2) is 57.8 Å². The molecule has 0 unspecified atom stereocenters. The van der Waals surface area contributed by atoms with Crippen LogP contribution in [0.5, 0.6) is 0 Å². The molecule has 0 aromatic heterocycles. The number of nitrogens with one attached hydrogen (secondary N) is 1. The highest BCUT2D eigenvalue weighted by molar-refractivity contribution is 7.99. The Balaban J connectivity index is 1.36. The average molecular weight is 402 g/mol. The fourth-order valence-electron chi connectivity index (χ4n) is 4.24. The molecule has 6 nitrogen and oxygen atoms in total. The summed E-state index contributed by atoms with van der Waals surface area (Å²) in [6.45, 7) is 0.546. The second kappa shape index (κ2) is 8.55. The van der Waals surface area contributed by atoms with Crippen LogP contribution >= 0.6 is 11.8 Å². The van der Waals surface area contributed by atoms with E-state index in [2.05, 4.69) is 5.32 Å². The molecule has 2 saturated heterocycles. The third kappa shape index (κ3) is 4.19.